The van der Waals surface area contributed by atoms with Crippen LogP contribution >= 0.6 is 15.9 Å². The van der Waals surface area contributed by atoms with Crippen LogP contribution in [0.15, 0.2) is 40.2 Å². The van der Waals surface area contributed by atoms with Crippen LogP contribution in [0.3, 0.4) is 0 Å². The Morgan fingerprint density at radius 3 is 3.04 bits per heavy atom. The van der Waals surface area contributed by atoms with Gasteiger partial charge in [0.25, 0.3) is 0 Å². The van der Waals surface area contributed by atoms with E-state index in [1.807, 2.05) is 23.0 Å². The van der Waals surface area contributed by atoms with Gasteiger partial charge in [0.1, 0.15) is 17.8 Å². The van der Waals surface area contributed by atoms with Crippen molar-refractivity contribution in [1.82, 2.24) is 20.1 Å². The van der Waals surface area contributed by atoms with Gasteiger partial charge in [-0.1, -0.05) is 18.9 Å². The van der Waals surface area contributed by atoms with Gasteiger partial charge < -0.3 is 10.4 Å². The maximum Gasteiger partial charge on any atom is 0.145 e. The Balaban J connectivity index is 1.53. The number of fused-ring (bicyclic) bond motifs is 1. The van der Waals surface area contributed by atoms with E-state index in [1.54, 1.807) is 12.4 Å². The van der Waals surface area contributed by atoms with Crippen LogP contribution in [-0.4, -0.2) is 37.9 Å². The molecular formula is C18H23BrN6O. The van der Waals surface area contributed by atoms with Crippen molar-refractivity contribution in [3.63, 3.8) is 0 Å². The highest BCUT2D eigenvalue weighted by atomic mass is 79.9. The summed E-state index contributed by atoms with van der Waals surface area (Å²) in [6.07, 6.45) is 9.79. The van der Waals surface area contributed by atoms with E-state index >= 15 is 0 Å². The van der Waals surface area contributed by atoms with Crippen molar-refractivity contribution in [1.29, 1.82) is 0 Å². The molecule has 7 nitrogen and oxygen atoms in total. The van der Waals surface area contributed by atoms with E-state index in [1.165, 1.54) is 0 Å². The monoisotopic (exact) mass is 418 g/mol. The van der Waals surface area contributed by atoms with Crippen molar-refractivity contribution >= 4 is 27.6 Å². The molecule has 138 valence electrons. The number of nitrogens with zero attached hydrogens (tertiary/aromatic N) is 4. The molecule has 26 heavy (non-hydrogen) atoms. The molecule has 1 fully saturated rings. The number of aliphatic hydroxyl groups excluding tert-OH is 1. The number of hydrogen-bond donors (Lipinski definition) is 3. The Kier molecular flexibility index (Phi) is 5.33. The molecule has 2 aliphatic rings. The molecule has 0 bridgehead atoms. The highest BCUT2D eigenvalue weighted by Crippen LogP contribution is 2.31. The smallest absolute Gasteiger partial charge is 0.145 e. The number of anilines is 1. The van der Waals surface area contributed by atoms with Crippen LogP contribution in [0.2, 0.25) is 0 Å². The Bertz CT molecular complexity index is 777. The quantitative estimate of drug-likeness (QED) is 0.710. The first-order valence-electron chi connectivity index (χ1n) is 9.08. The van der Waals surface area contributed by atoms with Crippen molar-refractivity contribution in [3.05, 3.63) is 40.8 Å². The number of rotatable bonds is 4. The van der Waals surface area contributed by atoms with E-state index in [0.717, 1.165) is 47.4 Å². The Morgan fingerprint density at radius 2 is 2.23 bits per heavy atom. The molecule has 0 spiro atoms. The third kappa shape index (κ3) is 3.82. The summed E-state index contributed by atoms with van der Waals surface area (Å²) >= 11 is 3.55. The molecule has 1 unspecified atom stereocenters. The lowest BCUT2D eigenvalue weighted by Crippen LogP contribution is -2.38. The first-order valence-corrected chi connectivity index (χ1v) is 9.87. The third-order valence-electron chi connectivity index (χ3n) is 4.98. The van der Waals surface area contributed by atoms with Crippen molar-refractivity contribution in [2.24, 2.45) is 4.99 Å². The number of aliphatic imine (C=N–C) groups is 1. The van der Waals surface area contributed by atoms with Crippen LogP contribution in [0.5, 0.6) is 0 Å². The summed E-state index contributed by atoms with van der Waals surface area (Å²) in [5, 5.41) is 21.6. The molecule has 0 radical (unpaired) electrons. The van der Waals surface area contributed by atoms with E-state index in [0.29, 0.717) is 13.0 Å². The van der Waals surface area contributed by atoms with Gasteiger partial charge in [-0.3, -0.25) is 15.3 Å². The van der Waals surface area contributed by atoms with Crippen molar-refractivity contribution in [3.8, 4) is 0 Å². The standard InChI is InChI=1S/C18H23BrN6O/c19-13-11-22-25-17(21-10-12-4-3-7-20-9-12)8-16(24-18(13)25)23-14-5-1-2-6-15(14)26/h3-4,7,9,11,14-15,17,21,26H,1-2,5-6,8,10H2,(H,23,24)/t14-,15-,17?/m1/s1. The second-order valence-electron chi connectivity index (χ2n) is 6.87. The number of nitrogens with one attached hydrogen (secondary N) is 2. The molecule has 0 saturated heterocycles. The van der Waals surface area contributed by atoms with Gasteiger partial charge in [0.05, 0.1) is 22.8 Å². The largest absolute Gasteiger partial charge is 0.391 e. The van der Waals surface area contributed by atoms with Gasteiger partial charge in [-0.05, 0) is 40.4 Å². The summed E-state index contributed by atoms with van der Waals surface area (Å²) in [4.78, 5) is 9.01. The summed E-state index contributed by atoms with van der Waals surface area (Å²) in [7, 11) is 0. The van der Waals surface area contributed by atoms with Crippen molar-refractivity contribution in [2.45, 2.75) is 57.0 Å². The van der Waals surface area contributed by atoms with Crippen molar-refractivity contribution in [2.75, 3.05) is 5.32 Å². The lowest BCUT2D eigenvalue weighted by atomic mass is 9.93. The van der Waals surface area contributed by atoms with Gasteiger partial charge in [0.15, 0.2) is 0 Å². The summed E-state index contributed by atoms with van der Waals surface area (Å²) in [6.45, 7) is 0.703. The average molecular weight is 419 g/mol. The van der Waals surface area contributed by atoms with Crippen LogP contribution in [-0.2, 0) is 6.54 Å². The van der Waals surface area contributed by atoms with Crippen LogP contribution in [0.25, 0.3) is 0 Å². The van der Waals surface area contributed by atoms with Gasteiger partial charge in [0.2, 0.25) is 0 Å². The molecule has 1 saturated carbocycles. The number of amidine groups is 1. The van der Waals surface area contributed by atoms with E-state index < -0.39 is 0 Å². The number of hydrogen-bond acceptors (Lipinski definition) is 5. The average Bonchev–Trinajstić information content (AvgIpc) is 3.04. The second-order valence-corrected chi connectivity index (χ2v) is 7.72. The van der Waals surface area contributed by atoms with Crippen LogP contribution in [0.1, 0.15) is 43.8 Å². The Labute approximate surface area is 161 Å². The number of aliphatic hydroxyl groups is 1. The van der Waals surface area contributed by atoms with E-state index in [4.69, 9.17) is 4.99 Å². The van der Waals surface area contributed by atoms with Crippen LogP contribution < -0.4 is 10.6 Å². The maximum atomic E-state index is 10.2. The van der Waals surface area contributed by atoms with Crippen LogP contribution in [0.4, 0.5) is 5.82 Å². The molecular weight excluding hydrogens is 396 g/mol. The first-order chi connectivity index (χ1) is 12.7. The summed E-state index contributed by atoms with van der Waals surface area (Å²) in [5.41, 5.74) is 1.12. The number of aromatic nitrogens is 3. The van der Waals surface area contributed by atoms with E-state index in [2.05, 4.69) is 36.6 Å². The maximum absolute atomic E-state index is 10.2. The van der Waals surface area contributed by atoms with Gasteiger partial charge in [-0.2, -0.15) is 5.10 Å². The Hall–Kier alpha value is -1.77. The first kappa shape index (κ1) is 17.6. The zero-order valence-corrected chi connectivity index (χ0v) is 16.1. The molecule has 2 aromatic rings. The molecule has 0 aromatic carbocycles. The SMILES string of the molecule is O[C@@H]1CCCC[C@H]1N=C1CC(NCc2cccnc2)n2ncc(Br)c2N1. The predicted octanol–water partition coefficient (Wildman–Crippen LogP) is 2.85. The molecule has 3 heterocycles. The second kappa shape index (κ2) is 7.85. The predicted molar refractivity (Wildman–Crippen MR) is 104 cm³/mol. The fourth-order valence-corrected chi connectivity index (χ4v) is 3.95. The molecule has 0 amide bonds. The minimum absolute atomic E-state index is 0.00256. The molecule has 3 N–H and O–H groups in total. The van der Waals surface area contributed by atoms with Gasteiger partial charge >= 0.3 is 0 Å². The normalized spacial score (nSPS) is 27.2. The topological polar surface area (TPSA) is 87.4 Å². The zero-order chi connectivity index (χ0) is 17.9. The molecule has 1 aliphatic carbocycles. The highest BCUT2D eigenvalue weighted by molar-refractivity contribution is 9.10. The van der Waals surface area contributed by atoms with Gasteiger partial charge in [0, 0.05) is 25.4 Å². The Morgan fingerprint density at radius 1 is 1.35 bits per heavy atom. The summed E-state index contributed by atoms with van der Waals surface area (Å²) in [5.74, 6) is 1.79. The third-order valence-corrected chi connectivity index (χ3v) is 5.56. The number of halogens is 1. The highest BCUT2D eigenvalue weighted by Gasteiger charge is 2.28. The lowest BCUT2D eigenvalue weighted by molar-refractivity contribution is 0.109. The van der Waals surface area contributed by atoms with Gasteiger partial charge in [-0.25, -0.2) is 4.68 Å². The number of pyridine rings is 1. The molecule has 4 rings (SSSR count). The minimum atomic E-state index is -0.338. The van der Waals surface area contributed by atoms with Crippen molar-refractivity contribution < 1.29 is 5.11 Å². The molecule has 3 atom stereocenters. The lowest BCUT2D eigenvalue weighted by Gasteiger charge is -2.30. The van der Waals surface area contributed by atoms with Crippen LogP contribution in [0, 0.1) is 0 Å². The fourth-order valence-electron chi connectivity index (χ4n) is 3.58. The molecule has 8 heteroatoms. The molecule has 2 aromatic heterocycles. The zero-order valence-electron chi connectivity index (χ0n) is 14.5. The van der Waals surface area contributed by atoms with E-state index in [9.17, 15) is 5.11 Å². The minimum Gasteiger partial charge on any atom is -0.391 e. The van der Waals surface area contributed by atoms with Gasteiger partial charge in [-0.15, -0.1) is 0 Å². The summed E-state index contributed by atoms with van der Waals surface area (Å²) in [6, 6.07) is 3.97. The van der Waals surface area contributed by atoms with E-state index in [-0.39, 0.29) is 18.3 Å². The fraction of sp³-hybridized carbons (Fsp3) is 0.500. The summed E-state index contributed by atoms with van der Waals surface area (Å²) < 4.78 is 2.85. The molecule has 1 aliphatic heterocycles.